The van der Waals surface area contributed by atoms with Crippen molar-refractivity contribution in [1.82, 2.24) is 4.57 Å². The topological polar surface area (TPSA) is 44.4 Å². The maximum atomic E-state index is 13.6. The molecule has 0 saturated heterocycles. The second-order valence-electron chi connectivity index (χ2n) is 8.05. The van der Waals surface area contributed by atoms with Crippen LogP contribution in [0.2, 0.25) is 0 Å². The van der Waals surface area contributed by atoms with Gasteiger partial charge in [0, 0.05) is 22.6 Å². The minimum absolute atomic E-state index is 0.0246. The van der Waals surface area contributed by atoms with Crippen molar-refractivity contribution in [2.24, 2.45) is 5.41 Å². The Hall–Kier alpha value is -3.27. The Bertz CT molecular complexity index is 1490. The number of fused-ring (bicyclic) bond motifs is 2. The zero-order chi connectivity index (χ0) is 19.6. The molecule has 4 nitrogen and oxygen atoms in total. The summed E-state index contributed by atoms with van der Waals surface area (Å²) in [5, 5.41) is 3.27. The van der Waals surface area contributed by atoms with Gasteiger partial charge in [-0.2, -0.15) is 0 Å². The summed E-state index contributed by atoms with van der Waals surface area (Å²) in [5.41, 5.74) is 3.16. The molecule has 2 heterocycles. The Kier molecular flexibility index (Phi) is 3.38. The number of rotatable bonds is 2. The summed E-state index contributed by atoms with van der Waals surface area (Å²) in [7, 11) is 1.62. The summed E-state index contributed by atoms with van der Waals surface area (Å²) < 4.78 is 13.4. The molecule has 0 aromatic heterocycles. The van der Waals surface area contributed by atoms with Crippen LogP contribution in [0.3, 0.4) is 0 Å². The molecule has 3 aliphatic rings. The molecule has 28 heavy (non-hydrogen) atoms. The third-order valence-electron chi connectivity index (χ3n) is 5.39. The Balaban J connectivity index is 2.05. The summed E-state index contributed by atoms with van der Waals surface area (Å²) in [6, 6.07) is 13.7. The van der Waals surface area contributed by atoms with Crippen LogP contribution in [0.5, 0.6) is 5.75 Å². The van der Waals surface area contributed by atoms with Gasteiger partial charge in [0.15, 0.2) is 0 Å². The van der Waals surface area contributed by atoms with Gasteiger partial charge in [0.25, 0.3) is 5.56 Å². The maximum Gasteiger partial charge on any atom is 0.264 e. The van der Waals surface area contributed by atoms with Gasteiger partial charge in [-0.1, -0.05) is 31.5 Å². The van der Waals surface area contributed by atoms with Crippen LogP contribution in [0.15, 0.2) is 51.7 Å². The number of hydrogen-bond acceptors (Lipinski definition) is 3. The van der Waals surface area contributed by atoms with Crippen molar-refractivity contribution in [2.75, 3.05) is 7.11 Å². The van der Waals surface area contributed by atoms with Crippen LogP contribution in [-0.4, -0.2) is 11.7 Å². The van der Waals surface area contributed by atoms with Gasteiger partial charge in [-0.05, 0) is 43.3 Å². The predicted molar refractivity (Wildman–Crippen MR) is 110 cm³/mol. The summed E-state index contributed by atoms with van der Waals surface area (Å²) in [5.74, 6) is 0.704. The highest BCUT2D eigenvalue weighted by Gasteiger charge is 2.22. The van der Waals surface area contributed by atoms with Gasteiger partial charge < -0.3 is 9.15 Å². The molecule has 2 aromatic rings. The van der Waals surface area contributed by atoms with E-state index in [2.05, 4.69) is 26.0 Å². The lowest BCUT2D eigenvalue weighted by Crippen LogP contribution is -2.32. The van der Waals surface area contributed by atoms with Crippen LogP contribution in [0, 0.1) is 22.8 Å². The minimum Gasteiger partial charge on any atom is -0.497 e. The van der Waals surface area contributed by atoms with Crippen molar-refractivity contribution in [1.29, 1.82) is 0 Å². The first-order chi connectivity index (χ1) is 13.4. The summed E-state index contributed by atoms with van der Waals surface area (Å²) in [4.78, 5) is 13.6. The van der Waals surface area contributed by atoms with Gasteiger partial charge in [0.1, 0.15) is 16.7 Å². The van der Waals surface area contributed by atoms with E-state index < -0.39 is 0 Å². The molecule has 4 heteroatoms. The fraction of sp³-hybridized carbons (Fsp3) is 0.208. The number of aryl methyl sites for hydroxylation is 1. The summed E-state index contributed by atoms with van der Waals surface area (Å²) in [6.45, 7) is 6.27. The van der Waals surface area contributed by atoms with Crippen molar-refractivity contribution < 1.29 is 9.15 Å². The number of benzene rings is 2. The highest BCUT2D eigenvalue weighted by molar-refractivity contribution is 5.79. The van der Waals surface area contributed by atoms with Gasteiger partial charge in [-0.25, -0.2) is 0 Å². The molecule has 5 rings (SSSR count). The van der Waals surface area contributed by atoms with Crippen LogP contribution in [-0.2, 0) is 0 Å². The van der Waals surface area contributed by atoms with Gasteiger partial charge in [-0.15, -0.1) is 0 Å². The lowest BCUT2D eigenvalue weighted by atomic mass is 9.89. The molecule has 0 unspecified atom stereocenters. The van der Waals surface area contributed by atoms with Crippen molar-refractivity contribution in [3.05, 3.63) is 79.6 Å². The van der Waals surface area contributed by atoms with E-state index in [0.717, 1.165) is 32.6 Å². The Morgan fingerprint density at radius 3 is 2.46 bits per heavy atom. The first-order valence-electron chi connectivity index (χ1n) is 9.36. The molecule has 0 fully saturated rings. The molecule has 0 saturated carbocycles. The standard InChI is InChI=1S/C24H21NO3/c1-14-5-7-15(8-6-14)25-18-12-24(2,3)13-20-22(18)21(23(25)26)17-10-9-16(27-4)11-19(17)28-20/h5-13H,1-4H3. The largest absolute Gasteiger partial charge is 0.497 e. The number of ether oxygens (including phenoxy) is 1. The molecule has 0 radical (unpaired) electrons. The van der Waals surface area contributed by atoms with Crippen LogP contribution in [0.1, 0.15) is 19.4 Å². The van der Waals surface area contributed by atoms with Crippen molar-refractivity contribution >= 4 is 23.1 Å². The van der Waals surface area contributed by atoms with Crippen LogP contribution in [0.25, 0.3) is 28.8 Å². The normalized spacial score (nSPS) is 14.7. The zero-order valence-electron chi connectivity index (χ0n) is 16.4. The number of methoxy groups -OCH3 is 1. The highest BCUT2D eigenvalue weighted by Crippen LogP contribution is 2.24. The van der Waals surface area contributed by atoms with Crippen molar-refractivity contribution in [2.45, 2.75) is 20.8 Å². The van der Waals surface area contributed by atoms with Gasteiger partial charge in [0.05, 0.1) is 22.9 Å². The van der Waals surface area contributed by atoms with E-state index >= 15 is 0 Å². The number of hydrogen-bond donors (Lipinski definition) is 0. The molecule has 0 amide bonds. The first-order valence-corrected chi connectivity index (χ1v) is 9.36. The third-order valence-corrected chi connectivity index (χ3v) is 5.39. The van der Waals surface area contributed by atoms with E-state index in [9.17, 15) is 4.79 Å². The Morgan fingerprint density at radius 2 is 1.75 bits per heavy atom. The second kappa shape index (κ2) is 5.61. The van der Waals surface area contributed by atoms with Gasteiger partial charge >= 0.3 is 0 Å². The fourth-order valence-corrected chi connectivity index (χ4v) is 4.08. The van der Waals surface area contributed by atoms with E-state index in [1.54, 1.807) is 7.11 Å². The SMILES string of the molecule is COc1ccc2c3c(=O)n(-c4ccc(C)cc4)c4c=3c(oc2c1)=CC(C)(C)C=4. The molecule has 0 spiro atoms. The molecular formula is C24H21NO3. The van der Waals surface area contributed by atoms with E-state index in [1.165, 1.54) is 0 Å². The smallest absolute Gasteiger partial charge is 0.264 e. The summed E-state index contributed by atoms with van der Waals surface area (Å²) in [6.07, 6.45) is 4.23. The van der Waals surface area contributed by atoms with Crippen LogP contribution in [0.4, 0.5) is 0 Å². The van der Waals surface area contributed by atoms with Gasteiger partial charge in [-0.3, -0.25) is 9.36 Å². The summed E-state index contributed by atoms with van der Waals surface area (Å²) >= 11 is 0. The molecule has 0 N–H and O–H groups in total. The minimum atomic E-state index is -0.233. The quantitative estimate of drug-likeness (QED) is 0.543. The Labute approximate surface area is 161 Å². The van der Waals surface area contributed by atoms with Crippen LogP contribution < -0.4 is 21.1 Å². The fourth-order valence-electron chi connectivity index (χ4n) is 4.08. The van der Waals surface area contributed by atoms with E-state index in [1.807, 2.05) is 54.0 Å². The molecule has 2 aliphatic heterocycles. The monoisotopic (exact) mass is 371 g/mol. The zero-order valence-corrected chi connectivity index (χ0v) is 16.4. The average molecular weight is 371 g/mol. The van der Waals surface area contributed by atoms with Crippen molar-refractivity contribution in [3.63, 3.8) is 0 Å². The lowest BCUT2D eigenvalue weighted by Gasteiger charge is -2.17. The number of nitrogens with zero attached hydrogens (tertiary/aromatic N) is 1. The molecule has 2 aromatic carbocycles. The van der Waals surface area contributed by atoms with E-state index in [4.69, 9.17) is 9.15 Å². The Morgan fingerprint density at radius 1 is 1.00 bits per heavy atom. The highest BCUT2D eigenvalue weighted by atomic mass is 16.5. The van der Waals surface area contributed by atoms with Crippen molar-refractivity contribution in [3.8, 4) is 11.4 Å². The van der Waals surface area contributed by atoms with Crippen LogP contribution >= 0.6 is 0 Å². The molecule has 0 atom stereocenters. The maximum absolute atomic E-state index is 13.6. The predicted octanol–water partition coefficient (Wildman–Crippen LogP) is 3.23. The number of aromatic nitrogens is 1. The van der Waals surface area contributed by atoms with Gasteiger partial charge in [0.2, 0.25) is 0 Å². The second-order valence-corrected chi connectivity index (χ2v) is 8.05. The average Bonchev–Trinajstić information content (AvgIpc) is 2.94. The van der Waals surface area contributed by atoms with E-state index in [0.29, 0.717) is 16.6 Å². The third kappa shape index (κ3) is 2.34. The lowest BCUT2D eigenvalue weighted by molar-refractivity contribution is 0.414. The van der Waals surface area contributed by atoms with E-state index in [-0.39, 0.29) is 11.0 Å². The molecule has 0 bridgehead atoms. The molecule has 1 aliphatic carbocycles. The molecule has 140 valence electrons. The first kappa shape index (κ1) is 16.9. The molecular weight excluding hydrogens is 350 g/mol.